The van der Waals surface area contributed by atoms with Crippen molar-refractivity contribution in [3.63, 3.8) is 0 Å². The minimum absolute atomic E-state index is 0.224. The van der Waals surface area contributed by atoms with Crippen molar-refractivity contribution in [1.82, 2.24) is 5.06 Å². The summed E-state index contributed by atoms with van der Waals surface area (Å²) >= 11 is 0. The Morgan fingerprint density at radius 2 is 1.77 bits per heavy atom. The summed E-state index contributed by atoms with van der Waals surface area (Å²) in [6.45, 7) is 6.02. The molecule has 0 N–H and O–H groups in total. The maximum absolute atomic E-state index is 13.1. The second-order valence-electron chi connectivity index (χ2n) is 7.87. The summed E-state index contributed by atoms with van der Waals surface area (Å²) in [7, 11) is -0.925. The van der Waals surface area contributed by atoms with Crippen molar-refractivity contribution < 1.29 is 51.7 Å². The Morgan fingerprint density at radius 1 is 1.13 bits per heavy atom. The number of nitrogens with zero attached hydrogens (tertiary/aromatic N) is 1. The van der Waals surface area contributed by atoms with E-state index in [2.05, 4.69) is 0 Å². The van der Waals surface area contributed by atoms with E-state index in [0.29, 0.717) is 6.42 Å². The fourth-order valence-corrected chi connectivity index (χ4v) is 5.59. The molecular formula is C18H30NO11P. The first-order valence-electron chi connectivity index (χ1n) is 9.95. The Balaban J connectivity index is 1.89. The van der Waals surface area contributed by atoms with E-state index in [9.17, 15) is 14.2 Å². The highest BCUT2D eigenvalue weighted by Crippen LogP contribution is 2.57. The number of hydroxylamine groups is 2. The molecular weight excluding hydrogens is 437 g/mol. The van der Waals surface area contributed by atoms with Crippen LogP contribution >= 0.6 is 7.60 Å². The van der Waals surface area contributed by atoms with Crippen molar-refractivity contribution in [3.05, 3.63) is 0 Å². The van der Waals surface area contributed by atoms with Crippen LogP contribution in [0.2, 0.25) is 0 Å². The number of rotatable bonds is 8. The summed E-state index contributed by atoms with van der Waals surface area (Å²) in [6.07, 6.45) is -3.61. The van der Waals surface area contributed by atoms with Crippen molar-refractivity contribution in [3.8, 4) is 0 Å². The highest BCUT2D eigenvalue weighted by atomic mass is 31.2. The lowest BCUT2D eigenvalue weighted by Crippen LogP contribution is -2.46. The van der Waals surface area contributed by atoms with Gasteiger partial charge in [-0.2, -0.15) is 0 Å². The van der Waals surface area contributed by atoms with E-state index in [1.54, 1.807) is 13.8 Å². The Bertz CT molecular complexity index is 723. The molecule has 0 amide bonds. The van der Waals surface area contributed by atoms with Crippen molar-refractivity contribution in [2.24, 2.45) is 0 Å². The third kappa shape index (κ3) is 5.12. The molecule has 0 unspecified atom stereocenters. The SMILES string of the molecule is COP(=O)(OC)[C@H]1CCON1[C@H]1O[C@H]([C@@H](COC(C)=O)OC(C)=O)[C@@H]2OC(C)(C)O[C@@H]21. The van der Waals surface area contributed by atoms with Gasteiger partial charge in [0, 0.05) is 34.5 Å². The third-order valence-electron chi connectivity index (χ3n) is 5.23. The van der Waals surface area contributed by atoms with E-state index in [4.69, 9.17) is 37.6 Å². The second kappa shape index (κ2) is 9.40. The van der Waals surface area contributed by atoms with Gasteiger partial charge in [0.05, 0.1) is 6.61 Å². The first-order valence-corrected chi connectivity index (χ1v) is 11.6. The molecule has 3 saturated heterocycles. The predicted octanol–water partition coefficient (Wildman–Crippen LogP) is 1.18. The van der Waals surface area contributed by atoms with Gasteiger partial charge in [-0.25, -0.2) is 0 Å². The molecule has 12 nitrogen and oxygen atoms in total. The molecule has 3 aliphatic heterocycles. The van der Waals surface area contributed by atoms with Gasteiger partial charge in [0.2, 0.25) is 0 Å². The summed E-state index contributed by atoms with van der Waals surface area (Å²) in [4.78, 5) is 28.7. The van der Waals surface area contributed by atoms with Crippen molar-refractivity contribution in [2.45, 2.75) is 76.3 Å². The quantitative estimate of drug-likeness (QED) is 0.375. The molecule has 6 atom stereocenters. The molecule has 0 spiro atoms. The van der Waals surface area contributed by atoms with Crippen LogP contribution in [-0.4, -0.2) is 86.6 Å². The van der Waals surface area contributed by atoms with Crippen LogP contribution in [0.1, 0.15) is 34.1 Å². The first-order chi connectivity index (χ1) is 14.5. The number of carbonyl (C=O) groups excluding carboxylic acids is 2. The second-order valence-corrected chi connectivity index (χ2v) is 10.3. The molecule has 13 heteroatoms. The lowest BCUT2D eigenvalue weighted by Gasteiger charge is -2.34. The lowest BCUT2D eigenvalue weighted by atomic mass is 10.1. The van der Waals surface area contributed by atoms with Crippen LogP contribution in [0.3, 0.4) is 0 Å². The zero-order chi connectivity index (χ0) is 23.0. The molecule has 0 radical (unpaired) electrons. The monoisotopic (exact) mass is 467 g/mol. The van der Waals surface area contributed by atoms with Crippen LogP contribution in [0, 0.1) is 0 Å². The molecule has 178 valence electrons. The lowest BCUT2D eigenvalue weighted by molar-refractivity contribution is -0.276. The highest BCUT2D eigenvalue weighted by molar-refractivity contribution is 7.54. The van der Waals surface area contributed by atoms with Crippen molar-refractivity contribution in [2.75, 3.05) is 27.4 Å². The number of esters is 2. The third-order valence-corrected chi connectivity index (χ3v) is 7.47. The molecule has 3 fully saturated rings. The van der Waals surface area contributed by atoms with Crippen LogP contribution in [0.4, 0.5) is 0 Å². The van der Waals surface area contributed by atoms with Gasteiger partial charge in [-0.3, -0.25) is 19.0 Å². The molecule has 0 aromatic rings. The molecule has 3 rings (SSSR count). The van der Waals surface area contributed by atoms with Gasteiger partial charge >= 0.3 is 19.5 Å². The molecule has 31 heavy (non-hydrogen) atoms. The number of hydrogen-bond donors (Lipinski definition) is 0. The van der Waals surface area contributed by atoms with Crippen LogP contribution < -0.4 is 0 Å². The highest BCUT2D eigenvalue weighted by Gasteiger charge is 2.62. The Labute approximate surface area is 180 Å². The largest absolute Gasteiger partial charge is 0.462 e. The molecule has 0 saturated carbocycles. The maximum atomic E-state index is 13.1. The van der Waals surface area contributed by atoms with Crippen LogP contribution in [0.25, 0.3) is 0 Å². The van der Waals surface area contributed by atoms with E-state index in [0.717, 1.165) is 0 Å². The summed E-state index contributed by atoms with van der Waals surface area (Å²) in [5.74, 6) is -2.80. The first kappa shape index (κ1) is 24.5. The predicted molar refractivity (Wildman–Crippen MR) is 102 cm³/mol. The summed E-state index contributed by atoms with van der Waals surface area (Å²) in [5, 5.41) is 1.41. The standard InChI is InChI=1S/C18H30NO11P/c1-10(20)25-9-12(27-11(2)21)14-15-16(30-18(3,4)29-15)17(28-14)19-13(7-8-26-19)31(22,23-5)24-6/h12-17H,7-9H2,1-6H3/t12-,13+,14-,15+,16+,17+/m1/s1. The summed E-state index contributed by atoms with van der Waals surface area (Å²) < 4.78 is 52.1. The zero-order valence-corrected chi connectivity index (χ0v) is 19.4. The zero-order valence-electron chi connectivity index (χ0n) is 18.5. The van der Waals surface area contributed by atoms with Crippen LogP contribution in [0.5, 0.6) is 0 Å². The van der Waals surface area contributed by atoms with Gasteiger partial charge in [-0.15, -0.1) is 5.06 Å². The van der Waals surface area contributed by atoms with Gasteiger partial charge in [0.25, 0.3) is 0 Å². The Morgan fingerprint density at radius 3 is 2.35 bits per heavy atom. The smallest absolute Gasteiger partial charge is 0.349 e. The molecule has 3 aliphatic rings. The maximum Gasteiger partial charge on any atom is 0.349 e. The topological polar surface area (TPSA) is 128 Å². The number of ether oxygens (including phenoxy) is 5. The van der Waals surface area contributed by atoms with Gasteiger partial charge < -0.3 is 32.7 Å². The van der Waals surface area contributed by atoms with Crippen molar-refractivity contribution in [1.29, 1.82) is 0 Å². The minimum Gasteiger partial charge on any atom is -0.462 e. The normalized spacial score (nSPS) is 33.8. The molecule has 0 aromatic carbocycles. The average molecular weight is 467 g/mol. The van der Waals surface area contributed by atoms with Gasteiger partial charge in [0.15, 0.2) is 18.1 Å². The molecule has 0 aliphatic carbocycles. The van der Waals surface area contributed by atoms with Gasteiger partial charge in [0.1, 0.15) is 30.7 Å². The fraction of sp³-hybridized carbons (Fsp3) is 0.889. The average Bonchev–Trinajstić information content (AvgIpc) is 3.37. The van der Waals surface area contributed by atoms with E-state index in [1.165, 1.54) is 33.1 Å². The van der Waals surface area contributed by atoms with Gasteiger partial charge in [-0.05, 0) is 13.8 Å². The molecule has 0 bridgehead atoms. The number of hydrogen-bond acceptors (Lipinski definition) is 12. The van der Waals surface area contributed by atoms with Crippen LogP contribution in [-0.2, 0) is 51.7 Å². The summed E-state index contributed by atoms with van der Waals surface area (Å²) in [5.41, 5.74) is 0. The van der Waals surface area contributed by atoms with E-state index in [1.807, 2.05) is 0 Å². The van der Waals surface area contributed by atoms with E-state index < -0.39 is 61.7 Å². The van der Waals surface area contributed by atoms with Crippen LogP contribution in [0.15, 0.2) is 0 Å². The van der Waals surface area contributed by atoms with E-state index in [-0.39, 0.29) is 13.2 Å². The number of fused-ring (bicyclic) bond motifs is 1. The van der Waals surface area contributed by atoms with Gasteiger partial charge in [-0.1, -0.05) is 0 Å². The summed E-state index contributed by atoms with van der Waals surface area (Å²) in [6, 6.07) is 0. The Kier molecular flexibility index (Phi) is 7.44. The molecule has 3 heterocycles. The fourth-order valence-electron chi connectivity index (χ4n) is 4.06. The number of carbonyl (C=O) groups is 2. The Hall–Kier alpha value is -1.11. The minimum atomic E-state index is -3.53. The van der Waals surface area contributed by atoms with Crippen molar-refractivity contribution >= 4 is 19.5 Å². The molecule has 0 aromatic heterocycles. The van der Waals surface area contributed by atoms with E-state index >= 15 is 0 Å².